The molecule has 1 saturated heterocycles. The number of likely N-dealkylation sites (N-methyl/N-ethyl adjacent to an activating group) is 1. The van der Waals surface area contributed by atoms with E-state index >= 15 is 0 Å². The SMILES string of the molecule is CC(=O)NC1(c2ccccc2)CCN(CCC(c2ccc(Cl)c(Cl)c2)C2c3ccc(Cl)cc3C(=O)N2C)CC1. The van der Waals surface area contributed by atoms with Gasteiger partial charge in [-0.3, -0.25) is 9.59 Å². The van der Waals surface area contributed by atoms with Gasteiger partial charge in [-0.1, -0.05) is 77.3 Å². The van der Waals surface area contributed by atoms with Crippen molar-refractivity contribution in [2.45, 2.75) is 43.7 Å². The smallest absolute Gasteiger partial charge is 0.254 e. The van der Waals surface area contributed by atoms with Crippen LogP contribution < -0.4 is 5.32 Å². The number of nitrogens with zero attached hydrogens (tertiary/aromatic N) is 2. The van der Waals surface area contributed by atoms with Gasteiger partial charge < -0.3 is 15.1 Å². The number of nitrogens with one attached hydrogen (secondary N) is 1. The van der Waals surface area contributed by atoms with E-state index in [9.17, 15) is 9.59 Å². The quantitative estimate of drug-likeness (QED) is 0.323. The standard InChI is InChI=1S/C31H32Cl3N3O2/c1-20(38)35-31(22-6-4-3-5-7-22)13-16-37(17-14-31)15-12-24(21-8-11-27(33)28(34)18-21)29-25-10-9-23(32)19-26(25)30(39)36(29)2/h3-11,18-19,24,29H,12-17H2,1-2H3,(H,35,38). The van der Waals surface area contributed by atoms with E-state index < -0.39 is 0 Å². The van der Waals surface area contributed by atoms with E-state index in [0.717, 1.165) is 55.6 Å². The molecule has 0 aliphatic carbocycles. The summed E-state index contributed by atoms with van der Waals surface area (Å²) in [5.41, 5.74) is 3.47. The van der Waals surface area contributed by atoms with Crippen molar-refractivity contribution in [3.05, 3.63) is 104 Å². The number of hydrogen-bond donors (Lipinski definition) is 1. The third-order valence-electron chi connectivity index (χ3n) is 8.26. The summed E-state index contributed by atoms with van der Waals surface area (Å²) < 4.78 is 0. The zero-order valence-corrected chi connectivity index (χ0v) is 24.4. The van der Waals surface area contributed by atoms with Crippen molar-refractivity contribution in [1.82, 2.24) is 15.1 Å². The van der Waals surface area contributed by atoms with E-state index in [1.165, 1.54) is 0 Å². The number of halogens is 3. The average Bonchev–Trinajstić information content (AvgIpc) is 3.16. The summed E-state index contributed by atoms with van der Waals surface area (Å²) in [5, 5.41) is 4.82. The maximum atomic E-state index is 13.2. The predicted octanol–water partition coefficient (Wildman–Crippen LogP) is 7.07. The van der Waals surface area contributed by atoms with Crippen LogP contribution >= 0.6 is 34.8 Å². The fraction of sp³-hybridized carbons (Fsp3) is 0.355. The van der Waals surface area contributed by atoms with E-state index in [1.807, 2.05) is 60.5 Å². The van der Waals surface area contributed by atoms with Gasteiger partial charge in [0.1, 0.15) is 0 Å². The minimum absolute atomic E-state index is 0.00675. The number of likely N-dealkylation sites (tertiary alicyclic amines) is 1. The maximum absolute atomic E-state index is 13.2. The first-order valence-electron chi connectivity index (χ1n) is 13.3. The maximum Gasteiger partial charge on any atom is 0.254 e. The van der Waals surface area contributed by atoms with Crippen molar-refractivity contribution in [2.24, 2.45) is 0 Å². The van der Waals surface area contributed by atoms with Crippen LogP contribution in [0.15, 0.2) is 66.7 Å². The molecule has 8 heteroatoms. The lowest BCUT2D eigenvalue weighted by Crippen LogP contribution is -2.52. The van der Waals surface area contributed by atoms with Crippen LogP contribution in [-0.2, 0) is 10.3 Å². The van der Waals surface area contributed by atoms with Gasteiger partial charge in [0.05, 0.1) is 21.6 Å². The first-order chi connectivity index (χ1) is 18.7. The Morgan fingerprint density at radius 1 is 1.00 bits per heavy atom. The van der Waals surface area contributed by atoms with Crippen molar-refractivity contribution in [2.75, 3.05) is 26.7 Å². The second-order valence-electron chi connectivity index (χ2n) is 10.6. The number of hydrogen-bond acceptors (Lipinski definition) is 3. The first-order valence-corrected chi connectivity index (χ1v) is 14.4. The van der Waals surface area contributed by atoms with Crippen molar-refractivity contribution in [3.8, 4) is 0 Å². The molecule has 0 bridgehead atoms. The highest BCUT2D eigenvalue weighted by Crippen LogP contribution is 2.46. The van der Waals surface area contributed by atoms with E-state index in [-0.39, 0.29) is 29.3 Å². The normalized spacial score (nSPS) is 19.6. The molecule has 2 unspecified atom stereocenters. The van der Waals surface area contributed by atoms with Gasteiger partial charge in [0.25, 0.3) is 5.91 Å². The number of amides is 2. The molecule has 0 aromatic heterocycles. The highest BCUT2D eigenvalue weighted by Gasteiger charge is 2.41. The summed E-state index contributed by atoms with van der Waals surface area (Å²) in [6.07, 6.45) is 2.48. The van der Waals surface area contributed by atoms with E-state index in [4.69, 9.17) is 34.8 Å². The lowest BCUT2D eigenvalue weighted by molar-refractivity contribution is -0.121. The van der Waals surface area contributed by atoms with Crippen molar-refractivity contribution < 1.29 is 9.59 Å². The Morgan fingerprint density at radius 3 is 2.38 bits per heavy atom. The topological polar surface area (TPSA) is 52.7 Å². The third kappa shape index (κ3) is 5.69. The molecule has 2 amide bonds. The Balaban J connectivity index is 1.38. The number of benzene rings is 3. The predicted molar refractivity (Wildman–Crippen MR) is 158 cm³/mol. The monoisotopic (exact) mass is 583 g/mol. The summed E-state index contributed by atoms with van der Waals surface area (Å²) in [5.74, 6) is -0.0320. The van der Waals surface area contributed by atoms with Crippen LogP contribution in [0.5, 0.6) is 0 Å². The summed E-state index contributed by atoms with van der Waals surface area (Å²) in [6, 6.07) is 21.5. The minimum Gasteiger partial charge on any atom is -0.347 e. The second-order valence-corrected chi connectivity index (χ2v) is 11.9. The zero-order valence-electron chi connectivity index (χ0n) is 22.1. The van der Waals surface area contributed by atoms with Gasteiger partial charge in [0.2, 0.25) is 5.91 Å². The van der Waals surface area contributed by atoms with Crippen LogP contribution in [0.2, 0.25) is 15.1 Å². The van der Waals surface area contributed by atoms with Gasteiger partial charge in [-0.15, -0.1) is 0 Å². The molecule has 1 N–H and O–H groups in total. The number of carbonyl (C=O) groups excluding carboxylic acids is 2. The number of carbonyl (C=O) groups is 2. The number of fused-ring (bicyclic) bond motifs is 1. The lowest BCUT2D eigenvalue weighted by atomic mass is 9.80. The highest BCUT2D eigenvalue weighted by molar-refractivity contribution is 6.42. The molecule has 0 radical (unpaired) electrons. The molecule has 2 atom stereocenters. The molecule has 3 aromatic rings. The van der Waals surface area contributed by atoms with Crippen LogP contribution in [0, 0.1) is 0 Å². The van der Waals surface area contributed by atoms with E-state index in [0.29, 0.717) is 20.6 Å². The van der Waals surface area contributed by atoms with Gasteiger partial charge in [0, 0.05) is 43.6 Å². The third-order valence-corrected chi connectivity index (χ3v) is 9.24. The molecule has 0 saturated carbocycles. The Kier molecular flexibility index (Phi) is 8.25. The molecule has 5 nitrogen and oxygen atoms in total. The molecule has 5 rings (SSSR count). The molecule has 2 aliphatic rings. The van der Waals surface area contributed by atoms with Gasteiger partial charge in [-0.05, 0) is 66.8 Å². The average molecular weight is 585 g/mol. The van der Waals surface area contributed by atoms with Gasteiger partial charge >= 0.3 is 0 Å². The van der Waals surface area contributed by atoms with Crippen LogP contribution in [-0.4, -0.2) is 48.3 Å². The highest BCUT2D eigenvalue weighted by atomic mass is 35.5. The largest absolute Gasteiger partial charge is 0.347 e. The molecule has 2 heterocycles. The van der Waals surface area contributed by atoms with E-state index in [1.54, 1.807) is 13.0 Å². The summed E-state index contributed by atoms with van der Waals surface area (Å²) in [4.78, 5) is 29.6. The fourth-order valence-electron chi connectivity index (χ4n) is 6.29. The summed E-state index contributed by atoms with van der Waals surface area (Å²) in [7, 11) is 1.86. The Morgan fingerprint density at radius 2 is 1.72 bits per heavy atom. The van der Waals surface area contributed by atoms with Crippen molar-refractivity contribution in [1.29, 1.82) is 0 Å². The van der Waals surface area contributed by atoms with Crippen LogP contribution in [0.25, 0.3) is 0 Å². The molecule has 2 aliphatic heterocycles. The molecule has 0 spiro atoms. The summed E-state index contributed by atoms with van der Waals surface area (Å²) >= 11 is 19.0. The fourth-order valence-corrected chi connectivity index (χ4v) is 6.77. The van der Waals surface area contributed by atoms with Crippen LogP contribution in [0.3, 0.4) is 0 Å². The van der Waals surface area contributed by atoms with Crippen molar-refractivity contribution >= 4 is 46.6 Å². The molecule has 39 heavy (non-hydrogen) atoms. The second kappa shape index (κ2) is 11.5. The van der Waals surface area contributed by atoms with Crippen LogP contribution in [0.4, 0.5) is 0 Å². The Hall–Kier alpha value is -2.57. The number of rotatable bonds is 7. The molecule has 1 fully saturated rings. The van der Waals surface area contributed by atoms with Gasteiger partial charge in [-0.25, -0.2) is 0 Å². The number of piperidine rings is 1. The molecular weight excluding hydrogens is 553 g/mol. The Bertz CT molecular complexity index is 1370. The van der Waals surface area contributed by atoms with E-state index in [2.05, 4.69) is 22.3 Å². The van der Waals surface area contributed by atoms with Crippen LogP contribution in [0.1, 0.15) is 65.2 Å². The Labute approximate surface area is 245 Å². The molecule has 3 aromatic carbocycles. The first kappa shape index (κ1) is 28.0. The van der Waals surface area contributed by atoms with Gasteiger partial charge in [0.15, 0.2) is 0 Å². The van der Waals surface area contributed by atoms with Crippen molar-refractivity contribution in [3.63, 3.8) is 0 Å². The zero-order chi connectivity index (χ0) is 27.7. The summed E-state index contributed by atoms with van der Waals surface area (Å²) in [6.45, 7) is 4.14. The minimum atomic E-state index is -0.358. The lowest BCUT2D eigenvalue weighted by Gasteiger charge is -2.43. The molecular formula is C31H32Cl3N3O2. The van der Waals surface area contributed by atoms with Gasteiger partial charge in [-0.2, -0.15) is 0 Å². The molecule has 204 valence electrons.